The van der Waals surface area contributed by atoms with Crippen molar-refractivity contribution in [3.8, 4) is 0 Å². The van der Waals surface area contributed by atoms with E-state index in [9.17, 15) is 4.21 Å². The number of nitrogens with one attached hydrogen (secondary N) is 1. The predicted molar refractivity (Wildman–Crippen MR) is 132 cm³/mol. The summed E-state index contributed by atoms with van der Waals surface area (Å²) in [6, 6.07) is 13.9. The second-order valence-corrected chi connectivity index (χ2v) is 12.1. The summed E-state index contributed by atoms with van der Waals surface area (Å²) in [4.78, 5) is 2.42. The first-order valence-electron chi connectivity index (χ1n) is 10.4. The van der Waals surface area contributed by atoms with E-state index in [1.54, 1.807) is 0 Å². The molecule has 4 rings (SSSR count). The second-order valence-electron chi connectivity index (χ2n) is 8.36. The molecule has 0 spiro atoms. The molecule has 2 aromatic carbocycles. The van der Waals surface area contributed by atoms with Crippen LogP contribution in [0.25, 0.3) is 0 Å². The van der Waals surface area contributed by atoms with Crippen LogP contribution in [-0.2, 0) is 9.71 Å². The summed E-state index contributed by atoms with van der Waals surface area (Å²) in [6.45, 7) is 1.65. The van der Waals surface area contributed by atoms with Gasteiger partial charge in [-0.1, -0.05) is 40.9 Å². The van der Waals surface area contributed by atoms with Gasteiger partial charge in [0.2, 0.25) is 0 Å². The predicted octanol–water partition coefficient (Wildman–Crippen LogP) is 6.38. The Balaban J connectivity index is 1.50. The smallest absolute Gasteiger partial charge is 0.0557 e. The molecule has 1 saturated carbocycles. The average Bonchev–Trinajstić information content (AvgIpc) is 3.55. The molecule has 1 saturated heterocycles. The van der Waals surface area contributed by atoms with E-state index in [0.717, 1.165) is 61.5 Å². The summed E-state index contributed by atoms with van der Waals surface area (Å²) in [5.74, 6) is 4.43. The van der Waals surface area contributed by atoms with Crippen molar-refractivity contribution in [1.82, 2.24) is 4.72 Å². The van der Waals surface area contributed by atoms with Crippen LogP contribution in [0.2, 0.25) is 15.1 Å². The molecule has 2 fully saturated rings. The van der Waals surface area contributed by atoms with Crippen molar-refractivity contribution >= 4 is 56.1 Å². The number of halogens is 3. The van der Waals surface area contributed by atoms with Gasteiger partial charge in [-0.05, 0) is 85.9 Å². The highest BCUT2D eigenvalue weighted by molar-refractivity contribution is 7.99. The highest BCUT2D eigenvalue weighted by Crippen LogP contribution is 2.41. The molecule has 1 heterocycles. The number of anilines is 1. The first kappa shape index (κ1) is 22.3. The summed E-state index contributed by atoms with van der Waals surface area (Å²) < 4.78 is 15.8. The number of benzene rings is 2. The minimum absolute atomic E-state index is 0.184. The van der Waals surface area contributed by atoms with Gasteiger partial charge in [0.25, 0.3) is 0 Å². The first-order valence-corrected chi connectivity index (χ1v) is 13.3. The molecule has 1 N–H and O–H groups in total. The Hall–Kier alpha value is -0.910. The summed E-state index contributed by atoms with van der Waals surface area (Å²) in [7, 11) is -2.13. The number of hydrogen-bond donors (Lipinski definition) is 1. The van der Waals surface area contributed by atoms with Crippen molar-refractivity contribution in [1.29, 1.82) is 0 Å². The van der Waals surface area contributed by atoms with Crippen LogP contribution in [0.15, 0.2) is 42.5 Å². The summed E-state index contributed by atoms with van der Waals surface area (Å²) >= 11 is 18.8. The lowest BCUT2D eigenvalue weighted by atomic mass is 9.86. The van der Waals surface area contributed by atoms with Gasteiger partial charge < -0.3 is 4.90 Å². The Bertz CT molecular complexity index is 990. The Morgan fingerprint density at radius 3 is 2.37 bits per heavy atom. The third kappa shape index (κ3) is 5.28. The third-order valence-electron chi connectivity index (χ3n) is 6.12. The number of rotatable bonds is 7. The second kappa shape index (κ2) is 9.30. The molecule has 1 aliphatic heterocycles. The van der Waals surface area contributed by atoms with Crippen molar-refractivity contribution in [2.45, 2.75) is 43.4 Å². The molecule has 3 nitrogen and oxygen atoms in total. The maximum atomic E-state index is 12.5. The van der Waals surface area contributed by atoms with Crippen molar-refractivity contribution in [2.24, 2.45) is 5.92 Å². The maximum Gasteiger partial charge on any atom is 0.0557 e. The SMILES string of the molecule is C=S(=O)(NCC[C@@H]1CC[C@@H](c2ccc(Cl)cc2Cl)N(c2ccc(Cl)cc2)C1)C1CC1. The zero-order valence-electron chi connectivity index (χ0n) is 16.8. The van der Waals surface area contributed by atoms with Crippen LogP contribution in [0.4, 0.5) is 5.69 Å². The van der Waals surface area contributed by atoms with E-state index in [1.165, 1.54) is 0 Å². The molecule has 162 valence electrons. The quantitative estimate of drug-likeness (QED) is 0.462. The van der Waals surface area contributed by atoms with Gasteiger partial charge in [-0.15, -0.1) is 0 Å². The zero-order chi connectivity index (χ0) is 21.3. The van der Waals surface area contributed by atoms with Crippen molar-refractivity contribution in [3.63, 3.8) is 0 Å². The number of piperidine rings is 1. The minimum atomic E-state index is -2.13. The molecule has 2 aromatic rings. The fraction of sp³-hybridized carbons (Fsp3) is 0.435. The van der Waals surface area contributed by atoms with E-state index < -0.39 is 9.71 Å². The standard InChI is InChI=1S/C23H27Cl3N2OS/c1-30(29,20-8-9-20)27-13-12-16-2-11-23(21-10-5-18(25)14-22(21)26)28(15-16)19-6-3-17(24)4-7-19/h3-7,10,14,16,20,23H,1-2,8-9,11-13,15H2,(H,27,29)/t16-,23-,30?/m0/s1. The van der Waals surface area contributed by atoms with Crippen molar-refractivity contribution < 1.29 is 4.21 Å². The third-order valence-corrected chi connectivity index (χ3v) is 9.18. The van der Waals surface area contributed by atoms with E-state index in [2.05, 4.69) is 27.6 Å². The van der Waals surface area contributed by atoms with E-state index in [0.29, 0.717) is 16.0 Å². The minimum Gasteiger partial charge on any atom is -0.364 e. The average molecular weight is 486 g/mol. The lowest BCUT2D eigenvalue weighted by molar-refractivity contribution is 0.343. The molecule has 0 aromatic heterocycles. The van der Waals surface area contributed by atoms with Gasteiger partial charge >= 0.3 is 0 Å². The van der Waals surface area contributed by atoms with E-state index >= 15 is 0 Å². The molecule has 1 aliphatic carbocycles. The fourth-order valence-corrected chi connectivity index (χ4v) is 6.55. The largest absolute Gasteiger partial charge is 0.364 e. The topological polar surface area (TPSA) is 32.3 Å². The fourth-order valence-electron chi connectivity index (χ4n) is 4.30. The zero-order valence-corrected chi connectivity index (χ0v) is 19.9. The Morgan fingerprint density at radius 1 is 1.00 bits per heavy atom. The monoisotopic (exact) mass is 484 g/mol. The van der Waals surface area contributed by atoms with Crippen LogP contribution in [0.3, 0.4) is 0 Å². The molecular weight excluding hydrogens is 459 g/mol. The number of hydrogen-bond acceptors (Lipinski definition) is 2. The van der Waals surface area contributed by atoms with Crippen LogP contribution in [-0.4, -0.2) is 28.4 Å². The van der Waals surface area contributed by atoms with Gasteiger partial charge in [-0.2, -0.15) is 0 Å². The first-order chi connectivity index (χ1) is 14.3. The lowest BCUT2D eigenvalue weighted by Crippen LogP contribution is -2.40. The van der Waals surface area contributed by atoms with Crippen molar-refractivity contribution in [2.75, 3.05) is 18.0 Å². The Morgan fingerprint density at radius 2 is 1.70 bits per heavy atom. The molecule has 0 radical (unpaired) electrons. The molecule has 7 heteroatoms. The molecular formula is C23H27Cl3N2OS. The van der Waals surface area contributed by atoms with Crippen LogP contribution in [0, 0.1) is 5.92 Å². The number of nitrogens with zero attached hydrogens (tertiary/aromatic N) is 1. The molecule has 30 heavy (non-hydrogen) atoms. The normalized spacial score (nSPS) is 23.9. The van der Waals surface area contributed by atoms with E-state index in [4.69, 9.17) is 34.8 Å². The maximum absolute atomic E-state index is 12.5. The molecule has 2 aliphatic rings. The van der Waals surface area contributed by atoms with Gasteiger partial charge in [-0.3, -0.25) is 4.21 Å². The highest BCUT2D eigenvalue weighted by atomic mass is 35.5. The van der Waals surface area contributed by atoms with Crippen LogP contribution in [0.5, 0.6) is 0 Å². The molecule has 1 unspecified atom stereocenters. The van der Waals surface area contributed by atoms with Gasteiger partial charge in [0, 0.05) is 48.8 Å². The summed E-state index contributed by atoms with van der Waals surface area (Å²) in [6.07, 6.45) is 5.14. The van der Waals surface area contributed by atoms with Gasteiger partial charge in [0.15, 0.2) is 0 Å². The lowest BCUT2D eigenvalue weighted by Gasteiger charge is -2.42. The molecule has 0 amide bonds. The molecule has 0 bridgehead atoms. The van der Waals surface area contributed by atoms with Crippen LogP contribution in [0.1, 0.15) is 43.7 Å². The van der Waals surface area contributed by atoms with Gasteiger partial charge in [0.05, 0.1) is 6.04 Å². The van der Waals surface area contributed by atoms with Crippen molar-refractivity contribution in [3.05, 3.63) is 63.1 Å². The van der Waals surface area contributed by atoms with Gasteiger partial charge in [-0.25, -0.2) is 4.72 Å². The summed E-state index contributed by atoms with van der Waals surface area (Å²) in [5.41, 5.74) is 2.23. The molecule has 3 atom stereocenters. The highest BCUT2D eigenvalue weighted by Gasteiger charge is 2.32. The van der Waals surface area contributed by atoms with E-state index in [1.807, 2.05) is 30.3 Å². The Kier molecular flexibility index (Phi) is 6.91. The van der Waals surface area contributed by atoms with Crippen LogP contribution >= 0.6 is 34.8 Å². The summed E-state index contributed by atoms with van der Waals surface area (Å²) in [5, 5.41) is 2.34. The Labute approximate surface area is 194 Å². The van der Waals surface area contributed by atoms with Gasteiger partial charge in [0.1, 0.15) is 0 Å². The van der Waals surface area contributed by atoms with Crippen LogP contribution < -0.4 is 9.62 Å². The van der Waals surface area contributed by atoms with E-state index in [-0.39, 0.29) is 11.3 Å².